The Bertz CT molecular complexity index is 668. The second-order valence-electron chi connectivity index (χ2n) is 6.19. The summed E-state index contributed by atoms with van der Waals surface area (Å²) in [6.07, 6.45) is 2.89. The Morgan fingerprint density at radius 3 is 2.32 bits per heavy atom. The fourth-order valence-corrected chi connectivity index (χ4v) is 2.89. The first-order valence-corrected chi connectivity index (χ1v) is 8.55. The molecule has 3 rings (SSSR count). The molecule has 0 radical (unpaired) electrons. The number of hydrogen-bond acceptors (Lipinski definition) is 6. The lowest BCUT2D eigenvalue weighted by Crippen LogP contribution is -2.47. The lowest BCUT2D eigenvalue weighted by Gasteiger charge is -2.34. The zero-order valence-electron chi connectivity index (χ0n) is 14.3. The topological polar surface area (TPSA) is 87.4 Å². The average molecular weight is 340 g/mol. The van der Waals surface area contributed by atoms with E-state index in [0.29, 0.717) is 11.5 Å². The monoisotopic (exact) mass is 340 g/mol. The van der Waals surface area contributed by atoms with Crippen LogP contribution >= 0.6 is 0 Å². The fourth-order valence-electron chi connectivity index (χ4n) is 2.89. The predicted molar refractivity (Wildman–Crippen MR) is 97.2 cm³/mol. The summed E-state index contributed by atoms with van der Waals surface area (Å²) in [5.74, 6) is 0.00707. The third-order valence-electron chi connectivity index (χ3n) is 4.36. The summed E-state index contributed by atoms with van der Waals surface area (Å²) in [4.78, 5) is 24.1. The maximum absolute atomic E-state index is 11.0. The van der Waals surface area contributed by atoms with Crippen molar-refractivity contribution in [3.05, 3.63) is 53.9 Å². The molecule has 0 atom stereocenters. The Morgan fingerprint density at radius 2 is 1.68 bits per heavy atom. The van der Waals surface area contributed by atoms with Gasteiger partial charge in [-0.15, -0.1) is 0 Å². The SMILES string of the molecule is NC(=O)c1cnc(NCCN2CCN(Cc3ccccc3)CC2)nc1. The number of carbonyl (C=O) groups is 1. The molecule has 132 valence electrons. The van der Waals surface area contributed by atoms with Crippen molar-refractivity contribution in [1.29, 1.82) is 0 Å². The largest absolute Gasteiger partial charge is 0.366 e. The molecule has 1 aliphatic rings. The van der Waals surface area contributed by atoms with Crippen LogP contribution in [0.1, 0.15) is 15.9 Å². The van der Waals surface area contributed by atoms with Crippen LogP contribution in [0.25, 0.3) is 0 Å². The summed E-state index contributed by atoms with van der Waals surface area (Å²) in [6, 6.07) is 10.6. The number of hydrogen-bond donors (Lipinski definition) is 2. The molecule has 2 heterocycles. The molecule has 1 aromatic carbocycles. The normalized spacial score (nSPS) is 15.8. The van der Waals surface area contributed by atoms with Crippen molar-refractivity contribution in [2.24, 2.45) is 5.73 Å². The van der Waals surface area contributed by atoms with Crippen molar-refractivity contribution in [3.8, 4) is 0 Å². The van der Waals surface area contributed by atoms with E-state index in [2.05, 4.69) is 55.4 Å². The highest BCUT2D eigenvalue weighted by Crippen LogP contribution is 2.08. The molecule has 0 bridgehead atoms. The molecule has 0 saturated carbocycles. The van der Waals surface area contributed by atoms with Crippen LogP contribution in [-0.4, -0.2) is 64.9 Å². The first-order chi connectivity index (χ1) is 12.2. The Kier molecular flexibility index (Phi) is 5.92. The third-order valence-corrected chi connectivity index (χ3v) is 4.36. The summed E-state index contributed by atoms with van der Waals surface area (Å²) < 4.78 is 0. The second-order valence-corrected chi connectivity index (χ2v) is 6.19. The molecule has 25 heavy (non-hydrogen) atoms. The van der Waals surface area contributed by atoms with Gasteiger partial charge in [0.15, 0.2) is 0 Å². The van der Waals surface area contributed by atoms with Crippen LogP contribution in [0.15, 0.2) is 42.7 Å². The number of carbonyl (C=O) groups excluding carboxylic acids is 1. The van der Waals surface area contributed by atoms with Gasteiger partial charge in [-0.2, -0.15) is 0 Å². The number of amides is 1. The van der Waals surface area contributed by atoms with E-state index in [1.165, 1.54) is 18.0 Å². The van der Waals surface area contributed by atoms with Gasteiger partial charge in [0.05, 0.1) is 5.56 Å². The number of nitrogens with zero attached hydrogens (tertiary/aromatic N) is 4. The molecule has 1 amide bonds. The first kappa shape index (κ1) is 17.3. The third kappa shape index (κ3) is 5.23. The maximum Gasteiger partial charge on any atom is 0.251 e. The highest BCUT2D eigenvalue weighted by molar-refractivity contribution is 5.92. The van der Waals surface area contributed by atoms with Gasteiger partial charge >= 0.3 is 0 Å². The number of aromatic nitrogens is 2. The Balaban J connectivity index is 1.36. The number of primary amides is 1. The summed E-state index contributed by atoms with van der Waals surface area (Å²) in [6.45, 7) is 7.03. The van der Waals surface area contributed by atoms with Crippen LogP contribution in [-0.2, 0) is 6.54 Å². The molecule has 7 nitrogen and oxygen atoms in total. The number of anilines is 1. The van der Waals surface area contributed by atoms with Gasteiger partial charge in [0, 0.05) is 58.2 Å². The van der Waals surface area contributed by atoms with Crippen molar-refractivity contribution in [3.63, 3.8) is 0 Å². The minimum absolute atomic E-state index is 0.320. The van der Waals surface area contributed by atoms with E-state index in [-0.39, 0.29) is 0 Å². The van der Waals surface area contributed by atoms with E-state index >= 15 is 0 Å². The van der Waals surface area contributed by atoms with Gasteiger partial charge in [-0.05, 0) is 5.56 Å². The summed E-state index contributed by atoms with van der Waals surface area (Å²) >= 11 is 0. The standard InChI is InChI=1S/C18H24N6O/c19-17(25)16-12-21-18(22-13-16)20-6-7-23-8-10-24(11-9-23)14-15-4-2-1-3-5-15/h1-5,12-13H,6-11,14H2,(H2,19,25)(H,20,21,22). The van der Waals surface area contributed by atoms with E-state index in [0.717, 1.165) is 45.8 Å². The van der Waals surface area contributed by atoms with Crippen molar-refractivity contribution < 1.29 is 4.79 Å². The molecular weight excluding hydrogens is 316 g/mol. The van der Waals surface area contributed by atoms with Crippen LogP contribution in [0.3, 0.4) is 0 Å². The quantitative estimate of drug-likeness (QED) is 0.775. The van der Waals surface area contributed by atoms with Gasteiger partial charge in [0.1, 0.15) is 0 Å². The molecular formula is C18H24N6O. The van der Waals surface area contributed by atoms with Gasteiger partial charge in [-0.1, -0.05) is 30.3 Å². The van der Waals surface area contributed by atoms with Crippen LogP contribution in [0.2, 0.25) is 0 Å². The minimum Gasteiger partial charge on any atom is -0.366 e. The zero-order chi connectivity index (χ0) is 17.5. The van der Waals surface area contributed by atoms with Crippen LogP contribution in [0, 0.1) is 0 Å². The number of rotatable bonds is 7. The maximum atomic E-state index is 11.0. The van der Waals surface area contributed by atoms with Crippen molar-refractivity contribution in [2.75, 3.05) is 44.6 Å². The van der Waals surface area contributed by atoms with Crippen LogP contribution in [0.5, 0.6) is 0 Å². The van der Waals surface area contributed by atoms with E-state index in [1.54, 1.807) is 0 Å². The van der Waals surface area contributed by atoms with Gasteiger partial charge in [-0.3, -0.25) is 14.6 Å². The lowest BCUT2D eigenvalue weighted by molar-refractivity contribution is 0.0999. The van der Waals surface area contributed by atoms with Crippen LogP contribution in [0.4, 0.5) is 5.95 Å². The molecule has 1 saturated heterocycles. The van der Waals surface area contributed by atoms with Gasteiger partial charge in [-0.25, -0.2) is 9.97 Å². The molecule has 2 aromatic rings. The van der Waals surface area contributed by atoms with Crippen molar-refractivity contribution in [1.82, 2.24) is 19.8 Å². The minimum atomic E-state index is -0.514. The number of nitrogens with one attached hydrogen (secondary N) is 1. The molecule has 1 fully saturated rings. The summed E-state index contributed by atoms with van der Waals surface area (Å²) in [7, 11) is 0. The molecule has 1 aliphatic heterocycles. The molecule has 0 unspecified atom stereocenters. The van der Waals surface area contributed by atoms with Gasteiger partial charge in [0.25, 0.3) is 5.91 Å². The van der Waals surface area contributed by atoms with Crippen molar-refractivity contribution >= 4 is 11.9 Å². The van der Waals surface area contributed by atoms with E-state index in [1.807, 2.05) is 0 Å². The highest BCUT2D eigenvalue weighted by Gasteiger charge is 2.16. The van der Waals surface area contributed by atoms with Gasteiger partial charge < -0.3 is 11.1 Å². The smallest absolute Gasteiger partial charge is 0.251 e. The predicted octanol–water partition coefficient (Wildman–Crippen LogP) is 0.805. The van der Waals surface area contributed by atoms with E-state index < -0.39 is 5.91 Å². The highest BCUT2D eigenvalue weighted by atomic mass is 16.1. The molecule has 1 aromatic heterocycles. The fraction of sp³-hybridized carbons (Fsp3) is 0.389. The number of benzene rings is 1. The lowest BCUT2D eigenvalue weighted by atomic mass is 10.2. The zero-order valence-corrected chi connectivity index (χ0v) is 14.3. The summed E-state index contributed by atoms with van der Waals surface area (Å²) in [5.41, 5.74) is 6.86. The molecule has 3 N–H and O–H groups in total. The Hall–Kier alpha value is -2.51. The Morgan fingerprint density at radius 1 is 1.04 bits per heavy atom. The first-order valence-electron chi connectivity index (χ1n) is 8.55. The molecule has 0 spiro atoms. The van der Waals surface area contributed by atoms with Crippen molar-refractivity contribution in [2.45, 2.75) is 6.54 Å². The second kappa shape index (κ2) is 8.55. The number of piperazine rings is 1. The summed E-state index contributed by atoms with van der Waals surface area (Å²) in [5, 5.41) is 3.18. The van der Waals surface area contributed by atoms with E-state index in [9.17, 15) is 4.79 Å². The average Bonchev–Trinajstić information content (AvgIpc) is 2.64. The molecule has 0 aliphatic carbocycles. The number of nitrogens with two attached hydrogens (primary N) is 1. The molecule has 7 heteroatoms. The van der Waals surface area contributed by atoms with Gasteiger partial charge in [0.2, 0.25) is 5.95 Å². The van der Waals surface area contributed by atoms with E-state index in [4.69, 9.17) is 5.73 Å². The van der Waals surface area contributed by atoms with Crippen LogP contribution < -0.4 is 11.1 Å². The Labute approximate surface area is 147 Å².